The standard InChI is InChI=1S/C17H15N5S/c1-2-11-9-14-13(18-10-11)7-8-15(19-14)20-17-22-21-16(23-17)12-5-3-4-6-12/h1,7-10,12H,3-6H2,(H,19,20,22). The molecule has 0 aliphatic heterocycles. The second kappa shape index (κ2) is 5.94. The topological polar surface area (TPSA) is 63.6 Å². The molecule has 23 heavy (non-hydrogen) atoms. The van der Waals surface area contributed by atoms with Crippen LogP contribution in [0.5, 0.6) is 0 Å². The van der Waals surface area contributed by atoms with Crippen molar-refractivity contribution in [2.24, 2.45) is 0 Å². The van der Waals surface area contributed by atoms with Crippen LogP contribution in [-0.4, -0.2) is 20.2 Å². The molecule has 1 fully saturated rings. The number of hydrogen-bond acceptors (Lipinski definition) is 6. The van der Waals surface area contributed by atoms with Crippen LogP contribution in [0.4, 0.5) is 10.9 Å². The van der Waals surface area contributed by atoms with Crippen molar-refractivity contribution in [1.29, 1.82) is 0 Å². The van der Waals surface area contributed by atoms with E-state index in [1.54, 1.807) is 17.5 Å². The van der Waals surface area contributed by atoms with Gasteiger partial charge in [-0.25, -0.2) is 4.98 Å². The van der Waals surface area contributed by atoms with Crippen molar-refractivity contribution in [3.63, 3.8) is 0 Å². The van der Waals surface area contributed by atoms with Gasteiger partial charge in [0.15, 0.2) is 0 Å². The Balaban J connectivity index is 1.58. The largest absolute Gasteiger partial charge is 0.315 e. The maximum atomic E-state index is 5.41. The number of pyridine rings is 2. The number of terminal acetylenes is 1. The first-order valence-electron chi connectivity index (χ1n) is 7.66. The van der Waals surface area contributed by atoms with E-state index in [1.165, 1.54) is 25.7 Å². The third-order valence-electron chi connectivity index (χ3n) is 4.08. The van der Waals surface area contributed by atoms with Gasteiger partial charge in [0.1, 0.15) is 10.8 Å². The van der Waals surface area contributed by atoms with Gasteiger partial charge in [0, 0.05) is 17.7 Å². The lowest BCUT2D eigenvalue weighted by Gasteiger charge is -2.03. The Kier molecular flexibility index (Phi) is 3.64. The number of hydrogen-bond donors (Lipinski definition) is 1. The summed E-state index contributed by atoms with van der Waals surface area (Å²) in [5, 5.41) is 13.7. The van der Waals surface area contributed by atoms with Crippen LogP contribution in [-0.2, 0) is 0 Å². The summed E-state index contributed by atoms with van der Waals surface area (Å²) < 4.78 is 0. The molecule has 3 heterocycles. The van der Waals surface area contributed by atoms with E-state index in [4.69, 9.17) is 6.42 Å². The van der Waals surface area contributed by atoms with Gasteiger partial charge in [0.05, 0.1) is 11.0 Å². The smallest absolute Gasteiger partial charge is 0.211 e. The van der Waals surface area contributed by atoms with Gasteiger partial charge in [0.2, 0.25) is 5.13 Å². The Morgan fingerprint density at radius 1 is 1.17 bits per heavy atom. The van der Waals surface area contributed by atoms with Gasteiger partial charge in [-0.1, -0.05) is 30.1 Å². The Morgan fingerprint density at radius 3 is 2.87 bits per heavy atom. The third kappa shape index (κ3) is 2.88. The first kappa shape index (κ1) is 14.1. The molecule has 114 valence electrons. The SMILES string of the molecule is C#Cc1cnc2ccc(Nc3nnc(C4CCCC4)s3)nc2c1. The molecule has 1 saturated carbocycles. The van der Waals surface area contributed by atoms with Crippen molar-refractivity contribution in [1.82, 2.24) is 20.2 Å². The molecule has 3 aromatic rings. The molecule has 0 aromatic carbocycles. The number of anilines is 2. The van der Waals surface area contributed by atoms with Crippen molar-refractivity contribution in [2.75, 3.05) is 5.32 Å². The minimum Gasteiger partial charge on any atom is -0.315 e. The highest BCUT2D eigenvalue weighted by atomic mass is 32.1. The fourth-order valence-corrected chi connectivity index (χ4v) is 3.81. The van der Waals surface area contributed by atoms with Gasteiger partial charge < -0.3 is 5.32 Å². The monoisotopic (exact) mass is 321 g/mol. The summed E-state index contributed by atoms with van der Waals surface area (Å²) in [4.78, 5) is 8.85. The number of rotatable bonds is 3. The van der Waals surface area contributed by atoms with Crippen molar-refractivity contribution in [3.8, 4) is 12.3 Å². The second-order valence-corrected chi connectivity index (χ2v) is 6.66. The van der Waals surface area contributed by atoms with Crippen LogP contribution in [0.1, 0.15) is 42.2 Å². The Bertz CT molecular complexity index is 889. The molecular weight excluding hydrogens is 306 g/mol. The second-order valence-electron chi connectivity index (χ2n) is 5.65. The van der Waals surface area contributed by atoms with Gasteiger partial charge in [0.25, 0.3) is 0 Å². The van der Waals surface area contributed by atoms with E-state index < -0.39 is 0 Å². The fraction of sp³-hybridized carbons (Fsp3) is 0.294. The fourth-order valence-electron chi connectivity index (χ4n) is 2.89. The number of fused-ring (bicyclic) bond motifs is 1. The van der Waals surface area contributed by atoms with Crippen LogP contribution in [0.2, 0.25) is 0 Å². The van der Waals surface area contributed by atoms with E-state index >= 15 is 0 Å². The average Bonchev–Trinajstić information content (AvgIpc) is 3.25. The van der Waals surface area contributed by atoms with E-state index in [-0.39, 0.29) is 0 Å². The first-order chi connectivity index (χ1) is 11.3. The van der Waals surface area contributed by atoms with E-state index in [0.29, 0.717) is 5.92 Å². The molecule has 1 N–H and O–H groups in total. The van der Waals surface area contributed by atoms with Crippen molar-refractivity contribution in [3.05, 3.63) is 35.0 Å². The Hall–Kier alpha value is -2.52. The lowest BCUT2D eigenvalue weighted by molar-refractivity contribution is 0.705. The maximum absolute atomic E-state index is 5.41. The van der Waals surface area contributed by atoms with Crippen LogP contribution in [0, 0.1) is 12.3 Å². The van der Waals surface area contributed by atoms with Crippen LogP contribution in [0.15, 0.2) is 24.4 Å². The molecule has 0 unspecified atom stereocenters. The molecule has 4 rings (SSSR count). The van der Waals surface area contributed by atoms with Crippen LogP contribution in [0.25, 0.3) is 11.0 Å². The summed E-state index contributed by atoms with van der Waals surface area (Å²) >= 11 is 1.62. The molecule has 6 heteroatoms. The van der Waals surface area contributed by atoms with Gasteiger partial charge in [-0.15, -0.1) is 16.6 Å². The molecule has 0 spiro atoms. The van der Waals surface area contributed by atoms with Crippen molar-refractivity contribution < 1.29 is 0 Å². The minimum absolute atomic E-state index is 0.579. The molecule has 0 amide bonds. The van der Waals surface area contributed by atoms with Gasteiger partial charge >= 0.3 is 0 Å². The zero-order valence-electron chi connectivity index (χ0n) is 12.5. The summed E-state index contributed by atoms with van der Waals surface area (Å²) in [5.74, 6) is 3.88. The summed E-state index contributed by atoms with van der Waals surface area (Å²) in [6, 6.07) is 5.67. The maximum Gasteiger partial charge on any atom is 0.211 e. The Labute approximate surface area is 138 Å². The molecule has 1 aliphatic rings. The zero-order valence-corrected chi connectivity index (χ0v) is 13.3. The van der Waals surface area contributed by atoms with Gasteiger partial charge in [-0.3, -0.25) is 4.98 Å². The highest BCUT2D eigenvalue weighted by Crippen LogP contribution is 2.36. The number of aromatic nitrogens is 4. The summed E-state index contributed by atoms with van der Waals surface area (Å²) in [7, 11) is 0. The van der Waals surface area contributed by atoms with E-state index in [0.717, 1.165) is 32.6 Å². The number of nitrogens with one attached hydrogen (secondary N) is 1. The normalized spacial score (nSPS) is 14.9. The van der Waals surface area contributed by atoms with Crippen LogP contribution in [0.3, 0.4) is 0 Å². The predicted molar refractivity (Wildman–Crippen MR) is 91.9 cm³/mol. The molecule has 5 nitrogen and oxygen atoms in total. The van der Waals surface area contributed by atoms with Crippen LogP contribution >= 0.6 is 11.3 Å². The first-order valence-corrected chi connectivity index (χ1v) is 8.47. The van der Waals surface area contributed by atoms with Gasteiger partial charge in [-0.2, -0.15) is 0 Å². The highest BCUT2D eigenvalue weighted by Gasteiger charge is 2.21. The van der Waals surface area contributed by atoms with Crippen molar-refractivity contribution in [2.45, 2.75) is 31.6 Å². The van der Waals surface area contributed by atoms with Crippen molar-refractivity contribution >= 4 is 33.3 Å². The van der Waals surface area contributed by atoms with Gasteiger partial charge in [-0.05, 0) is 31.0 Å². The van der Waals surface area contributed by atoms with E-state index in [1.807, 2.05) is 18.2 Å². The molecule has 3 aromatic heterocycles. The molecule has 0 radical (unpaired) electrons. The molecule has 0 atom stereocenters. The lowest BCUT2D eigenvalue weighted by Crippen LogP contribution is -1.94. The molecule has 1 aliphatic carbocycles. The summed E-state index contributed by atoms with van der Waals surface area (Å²) in [6.07, 6.45) is 12.1. The quantitative estimate of drug-likeness (QED) is 0.742. The van der Waals surface area contributed by atoms with E-state index in [2.05, 4.69) is 31.4 Å². The summed E-state index contributed by atoms with van der Waals surface area (Å²) in [5.41, 5.74) is 2.31. The third-order valence-corrected chi connectivity index (χ3v) is 5.09. The Morgan fingerprint density at radius 2 is 2.04 bits per heavy atom. The van der Waals surface area contributed by atoms with E-state index in [9.17, 15) is 0 Å². The molecule has 0 saturated heterocycles. The highest BCUT2D eigenvalue weighted by molar-refractivity contribution is 7.15. The number of nitrogens with zero attached hydrogens (tertiary/aromatic N) is 4. The predicted octanol–water partition coefficient (Wildman–Crippen LogP) is 3.86. The lowest BCUT2D eigenvalue weighted by atomic mass is 10.1. The van der Waals surface area contributed by atoms with Crippen LogP contribution < -0.4 is 5.32 Å². The zero-order chi connectivity index (χ0) is 15.6. The minimum atomic E-state index is 0.579. The summed E-state index contributed by atoms with van der Waals surface area (Å²) in [6.45, 7) is 0. The molecular formula is C17H15N5S. The molecule has 0 bridgehead atoms. The average molecular weight is 321 g/mol.